The van der Waals surface area contributed by atoms with Gasteiger partial charge < -0.3 is 26.2 Å². The molecule has 1 unspecified atom stereocenters. The standard InChI is InChI=1S/C37H58N10O6/c1-7-11-27(33(49)36(52)39-23(6)24-16-18-38-19-17-24)40-35(51)32-26-13-10-12-25(26)20-47(32)37(53)31(22(4)5)42-34(50)30(21(2)3)41-29(48)15-9-8-14-28-43-45-46-44-28/h16-19,21-23,25-27,30-32,45-46H,7-15,20H2,1-6H3,(H,39,52)(H,40,51)(H,41,48)(H,42,50)(H,43,44)/t23-,25+,26+,27?,30+,31+,32+/m1/s1. The van der Waals surface area contributed by atoms with E-state index < -0.39 is 53.7 Å². The zero-order chi connectivity index (χ0) is 38.7. The van der Waals surface area contributed by atoms with Crippen molar-refractivity contribution in [1.82, 2.24) is 47.6 Å². The Morgan fingerprint density at radius 1 is 0.906 bits per heavy atom. The summed E-state index contributed by atoms with van der Waals surface area (Å²) in [5.74, 6) is -2.95. The van der Waals surface area contributed by atoms with Crippen LogP contribution in [0.1, 0.15) is 111 Å². The summed E-state index contributed by atoms with van der Waals surface area (Å²) in [7, 11) is 0. The molecule has 16 nitrogen and oxygen atoms in total. The number of carbonyl (C=O) groups excluding carboxylic acids is 6. The molecule has 1 saturated heterocycles. The molecule has 5 amide bonds. The van der Waals surface area contributed by atoms with Crippen LogP contribution in [-0.4, -0.2) is 81.8 Å². The second kappa shape index (κ2) is 19.5. The normalized spacial score (nSPS) is 21.4. The van der Waals surface area contributed by atoms with Crippen LogP contribution in [0.15, 0.2) is 29.6 Å². The van der Waals surface area contributed by atoms with Gasteiger partial charge in [0.15, 0.2) is 0 Å². The number of aromatic nitrogens is 1. The van der Waals surface area contributed by atoms with E-state index in [2.05, 4.69) is 47.8 Å². The number of rotatable bonds is 19. The SMILES string of the molecule is CCCC(NC(=O)[C@@H]1[C@H]2CCC[C@H]2CN1C(=O)[C@@H](NC(=O)[C@@H](NC(=O)CCCCC1=NNNN1)C(C)C)C(C)C)C(=O)C(=O)N[C@H](C)c1ccncc1. The number of amides is 5. The summed E-state index contributed by atoms with van der Waals surface area (Å²) in [6.07, 6.45) is 8.77. The zero-order valence-corrected chi connectivity index (χ0v) is 31.9. The van der Waals surface area contributed by atoms with Crippen molar-refractivity contribution in [3.8, 4) is 0 Å². The Kier molecular flexibility index (Phi) is 15.1. The highest BCUT2D eigenvalue weighted by Gasteiger charge is 2.51. The smallest absolute Gasteiger partial charge is 0.290 e. The number of likely N-dealkylation sites (tertiary alicyclic amines) is 1. The van der Waals surface area contributed by atoms with Crippen molar-refractivity contribution in [3.63, 3.8) is 0 Å². The third-order valence-electron chi connectivity index (χ3n) is 10.4. The number of Topliss-reactive ketones (excluding diaryl/α,β-unsaturated/α-hetero) is 1. The summed E-state index contributed by atoms with van der Waals surface area (Å²) in [5.41, 5.74) is 8.92. The lowest BCUT2D eigenvalue weighted by atomic mass is 9.92. The molecular weight excluding hydrogens is 680 g/mol. The number of hydrazone groups is 1. The number of hydrogen-bond acceptors (Lipinski definition) is 11. The van der Waals surface area contributed by atoms with Crippen molar-refractivity contribution in [3.05, 3.63) is 30.1 Å². The highest BCUT2D eigenvalue weighted by atomic mass is 16.2. The first-order valence-electron chi connectivity index (χ1n) is 19.1. The number of amidine groups is 1. The predicted molar refractivity (Wildman–Crippen MR) is 198 cm³/mol. The lowest BCUT2D eigenvalue weighted by Crippen LogP contribution is -2.60. The van der Waals surface area contributed by atoms with Crippen LogP contribution in [-0.2, 0) is 28.8 Å². The Morgan fingerprint density at radius 3 is 2.26 bits per heavy atom. The van der Waals surface area contributed by atoms with Gasteiger partial charge in [0, 0.05) is 31.8 Å². The number of fused-ring (bicyclic) bond motifs is 1. The lowest BCUT2D eigenvalue weighted by molar-refractivity contribution is -0.145. The Balaban J connectivity index is 1.42. The number of nitrogens with one attached hydrogen (secondary N) is 7. The maximum atomic E-state index is 14.4. The fraction of sp³-hybridized carbons (Fsp3) is 0.676. The molecule has 0 radical (unpaired) electrons. The van der Waals surface area contributed by atoms with Crippen molar-refractivity contribution in [2.24, 2.45) is 28.8 Å². The van der Waals surface area contributed by atoms with Gasteiger partial charge in [0.1, 0.15) is 24.0 Å². The predicted octanol–water partition coefficient (Wildman–Crippen LogP) is 1.51. The van der Waals surface area contributed by atoms with E-state index in [-0.39, 0.29) is 48.3 Å². The Bertz CT molecular complexity index is 1490. The van der Waals surface area contributed by atoms with Gasteiger partial charge in [-0.15, -0.1) is 10.6 Å². The average Bonchev–Trinajstić information content (AvgIpc) is 3.89. The van der Waals surface area contributed by atoms with E-state index >= 15 is 0 Å². The van der Waals surface area contributed by atoms with Gasteiger partial charge in [-0.3, -0.25) is 39.2 Å². The Labute approximate surface area is 312 Å². The first kappa shape index (κ1) is 41.2. The fourth-order valence-corrected chi connectivity index (χ4v) is 7.48. The van der Waals surface area contributed by atoms with Gasteiger partial charge in [-0.25, -0.2) is 5.53 Å². The van der Waals surface area contributed by atoms with Crippen LogP contribution in [0.2, 0.25) is 0 Å². The second-order valence-corrected chi connectivity index (χ2v) is 15.1. The van der Waals surface area contributed by atoms with Gasteiger partial charge in [0.2, 0.25) is 29.4 Å². The molecule has 2 aliphatic heterocycles. The minimum absolute atomic E-state index is 0.105. The van der Waals surface area contributed by atoms with E-state index in [1.165, 1.54) is 0 Å². The summed E-state index contributed by atoms with van der Waals surface area (Å²) >= 11 is 0. The fourth-order valence-electron chi connectivity index (χ4n) is 7.48. The topological polar surface area (TPSA) is 215 Å². The quantitative estimate of drug-likeness (QED) is 0.0803. The van der Waals surface area contributed by atoms with E-state index in [4.69, 9.17) is 0 Å². The van der Waals surface area contributed by atoms with Gasteiger partial charge in [-0.2, -0.15) is 0 Å². The summed E-state index contributed by atoms with van der Waals surface area (Å²) < 4.78 is 0. The van der Waals surface area contributed by atoms with Crippen LogP contribution in [0, 0.1) is 23.7 Å². The van der Waals surface area contributed by atoms with E-state index in [1.807, 2.05) is 34.6 Å². The number of ketones is 1. The van der Waals surface area contributed by atoms with Crippen molar-refractivity contribution in [1.29, 1.82) is 0 Å². The molecule has 2 fully saturated rings. The zero-order valence-electron chi connectivity index (χ0n) is 31.9. The van der Waals surface area contributed by atoms with E-state index in [9.17, 15) is 28.8 Å². The molecule has 7 atom stereocenters. The number of carbonyl (C=O) groups is 6. The van der Waals surface area contributed by atoms with Gasteiger partial charge in [0.05, 0.1) is 12.1 Å². The molecule has 0 bridgehead atoms. The average molecular weight is 739 g/mol. The molecular formula is C37H58N10O6. The van der Waals surface area contributed by atoms with Crippen LogP contribution in [0.5, 0.6) is 0 Å². The minimum atomic E-state index is -1.06. The van der Waals surface area contributed by atoms with Crippen LogP contribution in [0.4, 0.5) is 0 Å². The van der Waals surface area contributed by atoms with Crippen LogP contribution in [0.25, 0.3) is 0 Å². The Morgan fingerprint density at radius 2 is 1.62 bits per heavy atom. The second-order valence-electron chi connectivity index (χ2n) is 15.1. The summed E-state index contributed by atoms with van der Waals surface area (Å²) in [4.78, 5) is 87.1. The van der Waals surface area contributed by atoms with E-state index in [0.29, 0.717) is 25.8 Å². The molecule has 4 rings (SSSR count). The molecule has 0 spiro atoms. The van der Waals surface area contributed by atoms with Crippen molar-refractivity contribution < 1.29 is 28.8 Å². The first-order chi connectivity index (χ1) is 25.3. The number of hydrogen-bond donors (Lipinski definition) is 7. The number of unbranched alkanes of at least 4 members (excludes halogenated alkanes) is 1. The molecule has 16 heteroatoms. The van der Waals surface area contributed by atoms with Crippen LogP contribution < -0.4 is 37.8 Å². The molecule has 53 heavy (non-hydrogen) atoms. The summed E-state index contributed by atoms with van der Waals surface area (Å²) in [6.45, 7) is 11.3. The van der Waals surface area contributed by atoms with Gasteiger partial charge in [0.25, 0.3) is 5.91 Å². The van der Waals surface area contributed by atoms with Gasteiger partial charge >= 0.3 is 0 Å². The maximum Gasteiger partial charge on any atom is 0.290 e. The highest BCUT2D eigenvalue weighted by Crippen LogP contribution is 2.42. The summed E-state index contributed by atoms with van der Waals surface area (Å²) in [6, 6.07) is -0.675. The molecule has 1 aromatic heterocycles. The molecule has 1 aromatic rings. The van der Waals surface area contributed by atoms with Crippen molar-refractivity contribution in [2.45, 2.75) is 130 Å². The van der Waals surface area contributed by atoms with Crippen molar-refractivity contribution in [2.75, 3.05) is 6.54 Å². The molecule has 1 aliphatic carbocycles. The minimum Gasteiger partial charge on any atom is -0.344 e. The third kappa shape index (κ3) is 11.0. The van der Waals surface area contributed by atoms with Crippen LogP contribution in [0.3, 0.4) is 0 Å². The Hall–Kier alpha value is -4.60. The van der Waals surface area contributed by atoms with Crippen LogP contribution >= 0.6 is 0 Å². The number of nitrogens with zero attached hydrogens (tertiary/aromatic N) is 3. The molecule has 292 valence electrons. The molecule has 0 aromatic carbocycles. The molecule has 3 aliphatic rings. The summed E-state index contributed by atoms with van der Waals surface area (Å²) in [5, 5.41) is 15.4. The van der Waals surface area contributed by atoms with Gasteiger partial charge in [-0.05, 0) is 80.4 Å². The largest absolute Gasteiger partial charge is 0.344 e. The number of pyridine rings is 1. The maximum absolute atomic E-state index is 14.4. The molecule has 3 heterocycles. The van der Waals surface area contributed by atoms with Gasteiger partial charge in [-0.1, -0.05) is 47.5 Å². The first-order valence-corrected chi connectivity index (χ1v) is 19.1. The highest BCUT2D eigenvalue weighted by molar-refractivity contribution is 6.38. The third-order valence-corrected chi connectivity index (χ3v) is 10.4. The van der Waals surface area contributed by atoms with E-state index in [0.717, 1.165) is 37.1 Å². The lowest BCUT2D eigenvalue weighted by Gasteiger charge is -2.34. The molecule has 1 saturated carbocycles. The van der Waals surface area contributed by atoms with Crippen molar-refractivity contribution >= 4 is 41.2 Å². The molecule has 7 N–H and O–H groups in total. The number of hydrazine groups is 2. The monoisotopic (exact) mass is 738 g/mol. The van der Waals surface area contributed by atoms with E-state index in [1.54, 1.807) is 36.4 Å².